The van der Waals surface area contributed by atoms with Crippen molar-refractivity contribution in [3.05, 3.63) is 12.7 Å². The van der Waals surface area contributed by atoms with Crippen molar-refractivity contribution in [1.29, 1.82) is 0 Å². The molecular formula is C13H20O6. The monoisotopic (exact) mass is 272 g/mol. The molecule has 3 aliphatic rings. The Balaban J connectivity index is 1.78. The Morgan fingerprint density at radius 1 is 1.16 bits per heavy atom. The molecule has 3 rings (SSSR count). The second-order valence-electron chi connectivity index (χ2n) is 4.86. The van der Waals surface area contributed by atoms with Gasteiger partial charge in [0.15, 0.2) is 18.9 Å². The Kier molecular flexibility index (Phi) is 3.88. The van der Waals surface area contributed by atoms with Crippen molar-refractivity contribution in [3.8, 4) is 0 Å². The van der Waals surface area contributed by atoms with E-state index in [1.807, 2.05) is 6.92 Å². The maximum atomic E-state index is 5.91. The van der Waals surface area contributed by atoms with E-state index >= 15 is 0 Å². The first-order valence-corrected chi connectivity index (χ1v) is 6.65. The lowest BCUT2D eigenvalue weighted by Crippen LogP contribution is -2.61. The fraction of sp³-hybridized carbons (Fsp3) is 0.846. The average Bonchev–Trinajstić information content (AvgIpc) is 2.90. The standard InChI is InChI=1S/C13H20O6/c1-4-8-15-6-7-10(17-8)11-12(13(14-3)16-7)19-9(5-2)18-11/h4,7-13H,1,5-6H2,2-3H3. The Labute approximate surface area is 112 Å². The van der Waals surface area contributed by atoms with Crippen molar-refractivity contribution in [2.75, 3.05) is 13.7 Å². The first kappa shape index (κ1) is 13.5. The molecule has 0 aromatic carbocycles. The normalized spacial score (nSPS) is 49.5. The molecule has 7 atom stereocenters. The van der Waals surface area contributed by atoms with Gasteiger partial charge < -0.3 is 28.4 Å². The lowest BCUT2D eigenvalue weighted by Gasteiger charge is -2.45. The maximum absolute atomic E-state index is 5.91. The summed E-state index contributed by atoms with van der Waals surface area (Å²) in [5.74, 6) is 0. The number of ether oxygens (including phenoxy) is 6. The van der Waals surface area contributed by atoms with Crippen LogP contribution in [0.4, 0.5) is 0 Å². The van der Waals surface area contributed by atoms with Gasteiger partial charge in [-0.05, 0) is 12.5 Å². The van der Waals surface area contributed by atoms with Gasteiger partial charge in [-0.1, -0.05) is 13.5 Å². The molecule has 0 aromatic rings. The van der Waals surface area contributed by atoms with Crippen LogP contribution in [0.3, 0.4) is 0 Å². The van der Waals surface area contributed by atoms with Crippen LogP contribution in [0, 0.1) is 0 Å². The Morgan fingerprint density at radius 2 is 1.95 bits per heavy atom. The number of fused-ring (bicyclic) bond motifs is 3. The summed E-state index contributed by atoms with van der Waals surface area (Å²) in [4.78, 5) is 0. The number of hydrogen-bond donors (Lipinski definition) is 0. The van der Waals surface area contributed by atoms with Crippen LogP contribution < -0.4 is 0 Å². The zero-order valence-electron chi connectivity index (χ0n) is 11.2. The molecule has 0 radical (unpaired) electrons. The van der Waals surface area contributed by atoms with Crippen LogP contribution in [0.25, 0.3) is 0 Å². The zero-order chi connectivity index (χ0) is 13.4. The van der Waals surface area contributed by atoms with Gasteiger partial charge in [-0.2, -0.15) is 0 Å². The summed E-state index contributed by atoms with van der Waals surface area (Å²) >= 11 is 0. The number of methoxy groups -OCH3 is 1. The summed E-state index contributed by atoms with van der Waals surface area (Å²) < 4.78 is 34.2. The van der Waals surface area contributed by atoms with Gasteiger partial charge >= 0.3 is 0 Å². The zero-order valence-corrected chi connectivity index (χ0v) is 11.2. The highest BCUT2D eigenvalue weighted by Gasteiger charge is 2.55. The van der Waals surface area contributed by atoms with Gasteiger partial charge in [-0.3, -0.25) is 0 Å². The van der Waals surface area contributed by atoms with Crippen molar-refractivity contribution in [2.45, 2.75) is 56.6 Å². The van der Waals surface area contributed by atoms with E-state index in [0.29, 0.717) is 6.61 Å². The molecule has 7 unspecified atom stereocenters. The molecule has 0 aromatic heterocycles. The van der Waals surface area contributed by atoms with E-state index in [4.69, 9.17) is 28.4 Å². The van der Waals surface area contributed by atoms with E-state index in [9.17, 15) is 0 Å². The van der Waals surface area contributed by atoms with Crippen molar-refractivity contribution in [2.24, 2.45) is 0 Å². The summed E-state index contributed by atoms with van der Waals surface area (Å²) in [6, 6.07) is 0. The molecule has 19 heavy (non-hydrogen) atoms. The first-order valence-electron chi connectivity index (χ1n) is 6.65. The van der Waals surface area contributed by atoms with Crippen LogP contribution in [0.1, 0.15) is 13.3 Å². The van der Waals surface area contributed by atoms with Gasteiger partial charge in [0.2, 0.25) is 0 Å². The molecule has 0 amide bonds. The van der Waals surface area contributed by atoms with Crippen LogP contribution in [0.2, 0.25) is 0 Å². The van der Waals surface area contributed by atoms with Gasteiger partial charge in [0, 0.05) is 7.11 Å². The van der Waals surface area contributed by atoms with Gasteiger partial charge in [-0.15, -0.1) is 0 Å². The highest BCUT2D eigenvalue weighted by molar-refractivity contribution is 4.98. The molecule has 0 N–H and O–H groups in total. The van der Waals surface area contributed by atoms with Crippen molar-refractivity contribution < 1.29 is 28.4 Å². The fourth-order valence-corrected chi connectivity index (χ4v) is 2.75. The molecule has 3 heterocycles. The highest BCUT2D eigenvalue weighted by Crippen LogP contribution is 2.37. The Morgan fingerprint density at radius 3 is 2.63 bits per heavy atom. The summed E-state index contributed by atoms with van der Waals surface area (Å²) in [6.07, 6.45) is 0.419. The molecule has 3 saturated heterocycles. The molecule has 0 saturated carbocycles. The van der Waals surface area contributed by atoms with Crippen LogP contribution in [0.5, 0.6) is 0 Å². The Hall–Kier alpha value is -0.500. The molecule has 6 nitrogen and oxygen atoms in total. The third-order valence-electron chi connectivity index (χ3n) is 3.68. The van der Waals surface area contributed by atoms with Gasteiger partial charge in [-0.25, -0.2) is 0 Å². The quantitative estimate of drug-likeness (QED) is 0.709. The van der Waals surface area contributed by atoms with E-state index in [-0.39, 0.29) is 30.7 Å². The van der Waals surface area contributed by atoms with Crippen molar-refractivity contribution in [1.82, 2.24) is 0 Å². The molecule has 0 bridgehead atoms. The fourth-order valence-electron chi connectivity index (χ4n) is 2.75. The van der Waals surface area contributed by atoms with Gasteiger partial charge in [0.1, 0.15) is 24.4 Å². The molecular weight excluding hydrogens is 252 g/mol. The number of hydrogen-bond acceptors (Lipinski definition) is 6. The predicted molar refractivity (Wildman–Crippen MR) is 64.3 cm³/mol. The SMILES string of the molecule is C=CC1OCC2OC(OC)C3OC(CC)OC3C2O1. The minimum absolute atomic E-state index is 0.194. The average molecular weight is 272 g/mol. The van der Waals surface area contributed by atoms with Crippen molar-refractivity contribution in [3.63, 3.8) is 0 Å². The van der Waals surface area contributed by atoms with Crippen LogP contribution in [0.15, 0.2) is 12.7 Å². The summed E-state index contributed by atoms with van der Waals surface area (Å²) in [7, 11) is 1.60. The van der Waals surface area contributed by atoms with E-state index in [1.54, 1.807) is 13.2 Å². The first-order chi connectivity index (χ1) is 9.26. The molecule has 0 aliphatic carbocycles. The van der Waals surface area contributed by atoms with Crippen molar-refractivity contribution >= 4 is 0 Å². The molecule has 108 valence electrons. The third-order valence-corrected chi connectivity index (χ3v) is 3.68. The van der Waals surface area contributed by atoms with Crippen LogP contribution >= 0.6 is 0 Å². The molecule has 6 heteroatoms. The van der Waals surface area contributed by atoms with Crippen LogP contribution in [-0.4, -0.2) is 57.0 Å². The smallest absolute Gasteiger partial charge is 0.186 e. The van der Waals surface area contributed by atoms with E-state index in [1.165, 1.54) is 0 Å². The van der Waals surface area contributed by atoms with E-state index in [2.05, 4.69) is 6.58 Å². The summed E-state index contributed by atoms with van der Waals surface area (Å²) in [6.45, 7) is 6.13. The minimum Gasteiger partial charge on any atom is -0.353 e. The maximum Gasteiger partial charge on any atom is 0.186 e. The Bertz CT molecular complexity index is 335. The largest absolute Gasteiger partial charge is 0.353 e. The van der Waals surface area contributed by atoms with Gasteiger partial charge in [0.25, 0.3) is 0 Å². The summed E-state index contributed by atoms with van der Waals surface area (Å²) in [5, 5.41) is 0. The minimum atomic E-state index is -0.449. The predicted octanol–water partition coefficient (Wildman–Crippen LogP) is 0.805. The third kappa shape index (κ3) is 2.33. The van der Waals surface area contributed by atoms with E-state index in [0.717, 1.165) is 6.42 Å². The number of rotatable bonds is 3. The second kappa shape index (κ2) is 5.47. The molecule has 0 spiro atoms. The highest BCUT2D eigenvalue weighted by atomic mass is 16.8. The second-order valence-corrected chi connectivity index (χ2v) is 4.86. The summed E-state index contributed by atoms with van der Waals surface area (Å²) in [5.41, 5.74) is 0. The van der Waals surface area contributed by atoms with Gasteiger partial charge in [0.05, 0.1) is 6.61 Å². The molecule has 3 aliphatic heterocycles. The lowest BCUT2D eigenvalue weighted by atomic mass is 9.98. The van der Waals surface area contributed by atoms with Crippen LogP contribution in [-0.2, 0) is 28.4 Å². The van der Waals surface area contributed by atoms with E-state index < -0.39 is 12.6 Å². The lowest BCUT2D eigenvalue weighted by molar-refractivity contribution is -0.331. The molecule has 3 fully saturated rings. The topological polar surface area (TPSA) is 55.4 Å².